The molecule has 1 aromatic rings. The van der Waals surface area contributed by atoms with Crippen LogP contribution in [0.1, 0.15) is 70.0 Å². The number of amides is 3. The van der Waals surface area contributed by atoms with Crippen LogP contribution in [0.4, 0.5) is 4.79 Å². The minimum atomic E-state index is -0.608. The third kappa shape index (κ3) is 5.08. The summed E-state index contributed by atoms with van der Waals surface area (Å²) in [6.07, 6.45) is 8.10. The summed E-state index contributed by atoms with van der Waals surface area (Å²) in [7, 11) is 0. The van der Waals surface area contributed by atoms with Crippen LogP contribution in [0.2, 0.25) is 0 Å². The Kier molecular flexibility index (Phi) is 8.87. The van der Waals surface area contributed by atoms with Crippen molar-refractivity contribution in [2.75, 3.05) is 26.2 Å². The molecule has 3 amide bonds. The minimum Gasteiger partial charge on any atom is -0.374 e. The number of allylic oxidation sites excluding steroid dienone is 4. The monoisotopic (exact) mass is 520 g/mol. The first-order valence-corrected chi connectivity index (χ1v) is 13.9. The Morgan fingerprint density at radius 2 is 1.87 bits per heavy atom. The van der Waals surface area contributed by atoms with Crippen molar-refractivity contribution in [2.45, 2.75) is 72.0 Å². The summed E-state index contributed by atoms with van der Waals surface area (Å²) in [6, 6.07) is 7.09. The molecule has 8 nitrogen and oxygen atoms in total. The summed E-state index contributed by atoms with van der Waals surface area (Å²) in [5, 5.41) is 4.70. The van der Waals surface area contributed by atoms with Gasteiger partial charge in [-0.2, -0.15) is 0 Å². The predicted molar refractivity (Wildman–Crippen MR) is 146 cm³/mol. The fourth-order valence-corrected chi connectivity index (χ4v) is 5.84. The van der Waals surface area contributed by atoms with Gasteiger partial charge in [-0.15, -0.1) is 5.06 Å². The zero-order valence-electron chi connectivity index (χ0n) is 23.0. The second-order valence-corrected chi connectivity index (χ2v) is 10.4. The number of piperazine rings is 1. The van der Waals surface area contributed by atoms with Gasteiger partial charge in [-0.1, -0.05) is 69.2 Å². The number of nitrogens with zero attached hydrogens (tertiary/aromatic N) is 3. The van der Waals surface area contributed by atoms with Crippen LogP contribution in [0.3, 0.4) is 0 Å². The molecule has 2 unspecified atom stereocenters. The molecular weight excluding hydrogens is 480 g/mol. The summed E-state index contributed by atoms with van der Waals surface area (Å²) in [4.78, 5) is 49.9. The first kappa shape index (κ1) is 27.8. The van der Waals surface area contributed by atoms with E-state index in [2.05, 4.69) is 17.1 Å². The van der Waals surface area contributed by atoms with Crippen molar-refractivity contribution >= 4 is 17.9 Å². The van der Waals surface area contributed by atoms with Crippen LogP contribution in [-0.2, 0) is 14.4 Å². The van der Waals surface area contributed by atoms with Crippen LogP contribution in [-0.4, -0.2) is 65.1 Å². The van der Waals surface area contributed by atoms with Gasteiger partial charge < -0.3 is 10.2 Å². The Morgan fingerprint density at radius 3 is 2.47 bits per heavy atom. The fourth-order valence-electron chi connectivity index (χ4n) is 5.84. The van der Waals surface area contributed by atoms with Gasteiger partial charge in [0.2, 0.25) is 5.91 Å². The van der Waals surface area contributed by atoms with Crippen molar-refractivity contribution in [1.29, 1.82) is 0 Å². The van der Waals surface area contributed by atoms with Gasteiger partial charge in [0, 0.05) is 32.6 Å². The number of carbonyl (C=O) groups excluding carboxylic acids is 3. The highest BCUT2D eigenvalue weighted by Crippen LogP contribution is 2.48. The zero-order chi connectivity index (χ0) is 27.3. The highest BCUT2D eigenvalue weighted by Gasteiger charge is 2.64. The largest absolute Gasteiger partial charge is 0.374 e. The molecule has 204 valence electrons. The SMILES string of the molecule is CCCC(c1ccc(C)cc1)N(OC1=CC=CCC1=C=O)C(=O)N1C(=O)C(CC)(CC)C1N1CCNCC1. The van der Waals surface area contributed by atoms with Crippen LogP contribution in [0.25, 0.3) is 0 Å². The van der Waals surface area contributed by atoms with E-state index >= 15 is 0 Å². The molecule has 2 fully saturated rings. The number of benzene rings is 1. The molecule has 0 aromatic heterocycles. The number of imide groups is 1. The second kappa shape index (κ2) is 12.1. The minimum absolute atomic E-state index is 0.160. The molecule has 2 atom stereocenters. The van der Waals surface area contributed by atoms with Crippen LogP contribution >= 0.6 is 0 Å². The van der Waals surface area contributed by atoms with E-state index in [1.165, 1.54) is 9.96 Å². The van der Waals surface area contributed by atoms with Gasteiger partial charge in [0.05, 0.1) is 17.0 Å². The lowest BCUT2D eigenvalue weighted by atomic mass is 9.69. The number of urea groups is 1. The van der Waals surface area contributed by atoms with Gasteiger partial charge in [0.1, 0.15) is 12.1 Å². The predicted octanol–water partition coefficient (Wildman–Crippen LogP) is 4.67. The molecule has 2 saturated heterocycles. The summed E-state index contributed by atoms with van der Waals surface area (Å²) in [5.74, 6) is 2.09. The first-order chi connectivity index (χ1) is 18.4. The molecule has 2 heterocycles. The molecule has 1 aromatic carbocycles. The molecule has 4 rings (SSSR count). The third-order valence-electron chi connectivity index (χ3n) is 8.17. The zero-order valence-corrected chi connectivity index (χ0v) is 23.0. The number of hydroxylamine groups is 2. The van der Waals surface area contributed by atoms with E-state index in [0.29, 0.717) is 31.3 Å². The Morgan fingerprint density at radius 1 is 1.18 bits per heavy atom. The van der Waals surface area contributed by atoms with E-state index in [-0.39, 0.29) is 17.8 Å². The van der Waals surface area contributed by atoms with Crippen LogP contribution in [0.5, 0.6) is 0 Å². The van der Waals surface area contributed by atoms with E-state index in [1.807, 2.05) is 57.1 Å². The lowest BCUT2D eigenvalue weighted by Crippen LogP contribution is -2.78. The molecule has 3 aliphatic rings. The third-order valence-corrected chi connectivity index (χ3v) is 8.17. The summed E-state index contributed by atoms with van der Waals surface area (Å²) in [6.45, 7) is 11.3. The molecule has 1 N–H and O–H groups in total. The van der Waals surface area contributed by atoms with Gasteiger partial charge in [-0.3, -0.25) is 9.69 Å². The molecule has 2 aliphatic heterocycles. The van der Waals surface area contributed by atoms with E-state index in [0.717, 1.165) is 43.7 Å². The topological polar surface area (TPSA) is 82.2 Å². The highest BCUT2D eigenvalue weighted by molar-refractivity contribution is 6.03. The summed E-state index contributed by atoms with van der Waals surface area (Å²) >= 11 is 0. The van der Waals surface area contributed by atoms with E-state index in [1.54, 1.807) is 12.2 Å². The van der Waals surface area contributed by atoms with Crippen molar-refractivity contribution in [3.8, 4) is 0 Å². The quantitative estimate of drug-likeness (QED) is 0.290. The van der Waals surface area contributed by atoms with E-state index in [4.69, 9.17) is 4.84 Å². The van der Waals surface area contributed by atoms with Crippen LogP contribution < -0.4 is 5.32 Å². The number of nitrogens with one attached hydrogen (secondary N) is 1. The normalized spacial score (nSPS) is 21.8. The van der Waals surface area contributed by atoms with Crippen LogP contribution in [0.15, 0.2) is 53.8 Å². The van der Waals surface area contributed by atoms with Crippen molar-refractivity contribution in [1.82, 2.24) is 20.2 Å². The van der Waals surface area contributed by atoms with Crippen LogP contribution in [0, 0.1) is 12.3 Å². The fraction of sp³-hybridized carbons (Fsp3) is 0.533. The first-order valence-electron chi connectivity index (χ1n) is 13.9. The molecule has 0 bridgehead atoms. The molecule has 8 heteroatoms. The number of likely N-dealkylation sites (tertiary alicyclic amines) is 1. The Hall–Kier alpha value is -3.19. The maximum absolute atomic E-state index is 14.4. The molecule has 0 saturated carbocycles. The lowest BCUT2D eigenvalue weighted by molar-refractivity contribution is -0.196. The maximum atomic E-state index is 14.4. The number of carbonyl (C=O) groups is 2. The Labute approximate surface area is 225 Å². The van der Waals surface area contributed by atoms with Crippen molar-refractivity contribution in [2.24, 2.45) is 5.41 Å². The molecule has 38 heavy (non-hydrogen) atoms. The van der Waals surface area contributed by atoms with Gasteiger partial charge in [-0.25, -0.2) is 14.5 Å². The summed E-state index contributed by atoms with van der Waals surface area (Å²) < 4.78 is 0. The Bertz CT molecular complexity index is 1130. The number of β-lactam (4-membered cyclic amide) rings is 1. The summed E-state index contributed by atoms with van der Waals surface area (Å²) in [5.41, 5.74) is 1.76. The molecular formula is C30H40N4O4. The van der Waals surface area contributed by atoms with E-state index < -0.39 is 17.5 Å². The molecule has 0 radical (unpaired) electrons. The van der Waals surface area contributed by atoms with Crippen molar-refractivity contribution in [3.05, 3.63) is 65.0 Å². The number of hydrogen-bond donors (Lipinski definition) is 1. The molecule has 0 spiro atoms. The average molecular weight is 521 g/mol. The number of rotatable bonds is 9. The number of hydrogen-bond acceptors (Lipinski definition) is 6. The second-order valence-electron chi connectivity index (χ2n) is 10.4. The standard InChI is InChI=1S/C30H40N4O4/c1-5-10-25(23-15-13-22(4)14-16-23)34(38-26-12-9-8-11-24(26)21-35)29(37)33-27(32-19-17-31-18-20-32)30(6-2,7-3)28(33)36/h8-9,12-16,25,27,31H,5-7,10-11,17-20H2,1-4H3. The lowest BCUT2D eigenvalue weighted by Gasteiger charge is -2.59. The van der Waals surface area contributed by atoms with Gasteiger partial charge in [0.25, 0.3) is 0 Å². The average Bonchev–Trinajstić information content (AvgIpc) is 2.95. The van der Waals surface area contributed by atoms with Gasteiger partial charge >= 0.3 is 6.03 Å². The van der Waals surface area contributed by atoms with E-state index in [9.17, 15) is 14.4 Å². The van der Waals surface area contributed by atoms with Gasteiger partial charge in [-0.05, 0) is 37.8 Å². The van der Waals surface area contributed by atoms with Crippen molar-refractivity contribution in [3.63, 3.8) is 0 Å². The Balaban J connectivity index is 1.76. The van der Waals surface area contributed by atoms with Crippen molar-refractivity contribution < 1.29 is 19.2 Å². The molecule has 1 aliphatic carbocycles. The number of aryl methyl sites for hydroxylation is 1. The maximum Gasteiger partial charge on any atom is 0.361 e. The smallest absolute Gasteiger partial charge is 0.361 e. The van der Waals surface area contributed by atoms with Gasteiger partial charge in [0.15, 0.2) is 5.76 Å². The highest BCUT2D eigenvalue weighted by atomic mass is 16.7.